The van der Waals surface area contributed by atoms with Gasteiger partial charge in [0, 0.05) is 28.3 Å². The Morgan fingerprint density at radius 2 is 0.889 bits per heavy atom. The maximum absolute atomic E-state index is 5.21. The van der Waals surface area contributed by atoms with Gasteiger partial charge in [-0.25, -0.2) is 15.0 Å². The fourth-order valence-electron chi connectivity index (χ4n) is 7.99. The van der Waals surface area contributed by atoms with Crippen LogP contribution in [0.3, 0.4) is 0 Å². The van der Waals surface area contributed by atoms with Crippen LogP contribution >= 0.6 is 0 Å². The average molecular weight is 699 g/mol. The third-order valence-corrected chi connectivity index (χ3v) is 11.3. The van der Waals surface area contributed by atoms with E-state index in [0.717, 1.165) is 56.3 Å². The molecule has 0 bridgehead atoms. The van der Waals surface area contributed by atoms with Crippen LogP contribution in [-0.4, -0.2) is 19.9 Å². The molecule has 4 heteroatoms. The van der Waals surface area contributed by atoms with Crippen LogP contribution in [-0.2, 0) is 10.8 Å². The molecule has 0 radical (unpaired) electrons. The fraction of sp³-hybridized carbons (Fsp3) is 0.160. The van der Waals surface area contributed by atoms with Crippen molar-refractivity contribution in [3.05, 3.63) is 169 Å². The molecule has 0 unspecified atom stereocenters. The van der Waals surface area contributed by atoms with E-state index in [4.69, 9.17) is 15.0 Å². The zero-order valence-corrected chi connectivity index (χ0v) is 31.2. The monoisotopic (exact) mass is 698 g/mol. The molecule has 1 aliphatic carbocycles. The lowest BCUT2D eigenvalue weighted by molar-refractivity contribution is 0.332. The van der Waals surface area contributed by atoms with Gasteiger partial charge in [-0.3, -0.25) is 4.98 Å². The Morgan fingerprint density at radius 3 is 1.59 bits per heavy atom. The molecule has 0 amide bonds. The predicted octanol–water partition coefficient (Wildman–Crippen LogP) is 12.8. The van der Waals surface area contributed by atoms with Crippen molar-refractivity contribution in [2.75, 3.05) is 0 Å². The Kier molecular flexibility index (Phi) is 8.27. The van der Waals surface area contributed by atoms with E-state index in [2.05, 4.69) is 154 Å². The van der Waals surface area contributed by atoms with Crippen LogP contribution in [0.25, 0.3) is 78.4 Å². The highest BCUT2D eigenvalue weighted by Gasteiger charge is 2.37. The predicted molar refractivity (Wildman–Crippen MR) is 223 cm³/mol. The second-order valence-corrected chi connectivity index (χ2v) is 15.8. The molecule has 0 spiro atoms. The fourth-order valence-corrected chi connectivity index (χ4v) is 7.99. The highest BCUT2D eigenvalue weighted by molar-refractivity contribution is 5.96. The molecule has 2 heterocycles. The summed E-state index contributed by atoms with van der Waals surface area (Å²) >= 11 is 0. The maximum atomic E-state index is 5.21. The zero-order valence-electron chi connectivity index (χ0n) is 31.2. The van der Waals surface area contributed by atoms with Crippen molar-refractivity contribution < 1.29 is 0 Å². The first-order valence-corrected chi connectivity index (χ1v) is 18.8. The molecule has 0 aliphatic heterocycles. The third-order valence-electron chi connectivity index (χ3n) is 11.3. The summed E-state index contributed by atoms with van der Waals surface area (Å²) in [5.74, 6) is 1.91. The van der Waals surface area contributed by atoms with Crippen molar-refractivity contribution in [2.24, 2.45) is 0 Å². The standard InChI is InChI=1S/C50H42N4/c1-49(2)26-27-50(3,4)44-32-37(23-24-43(44)49)38-29-39(41-25-28-51-45-18-12-11-17-42(41)45)31-40(30-38)48-53-46(35-15-9-6-10-16-35)52-47(54-48)36-21-19-34(20-22-36)33-13-7-5-8-14-33/h5-25,28-32H,26-27H2,1-4H3. The van der Waals surface area contributed by atoms with Gasteiger partial charge in [0.15, 0.2) is 17.5 Å². The first-order valence-electron chi connectivity index (χ1n) is 18.8. The highest BCUT2D eigenvalue weighted by atomic mass is 15.0. The summed E-state index contributed by atoms with van der Waals surface area (Å²) < 4.78 is 0. The molecule has 0 N–H and O–H groups in total. The number of pyridine rings is 1. The lowest BCUT2D eigenvalue weighted by Crippen LogP contribution is -2.33. The minimum absolute atomic E-state index is 0.0896. The van der Waals surface area contributed by atoms with E-state index in [9.17, 15) is 0 Å². The maximum Gasteiger partial charge on any atom is 0.164 e. The molecule has 8 aromatic rings. The van der Waals surface area contributed by atoms with Crippen LogP contribution in [0.1, 0.15) is 51.7 Å². The summed E-state index contributed by atoms with van der Waals surface area (Å²) in [4.78, 5) is 20.1. The number of hydrogen-bond acceptors (Lipinski definition) is 4. The topological polar surface area (TPSA) is 51.6 Å². The lowest BCUT2D eigenvalue weighted by Gasteiger charge is -2.42. The molecule has 4 nitrogen and oxygen atoms in total. The Labute approximate surface area is 317 Å². The Hall–Kier alpha value is -6.26. The first kappa shape index (κ1) is 33.6. The van der Waals surface area contributed by atoms with E-state index in [1.165, 1.54) is 28.7 Å². The molecule has 1 aliphatic rings. The Balaban J connectivity index is 1.25. The molecule has 0 fully saturated rings. The van der Waals surface area contributed by atoms with E-state index in [-0.39, 0.29) is 10.8 Å². The zero-order chi connectivity index (χ0) is 36.9. The molecule has 0 saturated carbocycles. The van der Waals surface area contributed by atoms with Crippen molar-refractivity contribution >= 4 is 10.9 Å². The summed E-state index contributed by atoms with van der Waals surface area (Å²) in [5.41, 5.74) is 13.7. The number of nitrogens with zero attached hydrogens (tertiary/aromatic N) is 4. The molecule has 0 saturated heterocycles. The number of para-hydroxylation sites is 1. The van der Waals surface area contributed by atoms with Gasteiger partial charge in [-0.2, -0.15) is 0 Å². The number of aromatic nitrogens is 4. The minimum atomic E-state index is 0.0896. The van der Waals surface area contributed by atoms with Gasteiger partial charge in [0.25, 0.3) is 0 Å². The Bertz CT molecular complexity index is 2640. The van der Waals surface area contributed by atoms with Crippen LogP contribution in [0.5, 0.6) is 0 Å². The molecular weight excluding hydrogens is 657 g/mol. The van der Waals surface area contributed by atoms with Crippen LogP contribution in [0.4, 0.5) is 0 Å². The van der Waals surface area contributed by atoms with Crippen LogP contribution in [0.15, 0.2) is 158 Å². The quantitative estimate of drug-likeness (QED) is 0.173. The molecule has 262 valence electrons. The number of benzene rings is 6. The van der Waals surface area contributed by atoms with Gasteiger partial charge < -0.3 is 0 Å². The van der Waals surface area contributed by atoms with E-state index in [0.29, 0.717) is 17.5 Å². The smallest absolute Gasteiger partial charge is 0.164 e. The van der Waals surface area contributed by atoms with E-state index < -0.39 is 0 Å². The van der Waals surface area contributed by atoms with Gasteiger partial charge in [-0.1, -0.05) is 149 Å². The van der Waals surface area contributed by atoms with Gasteiger partial charge in [0.2, 0.25) is 0 Å². The summed E-state index contributed by atoms with van der Waals surface area (Å²) in [6.07, 6.45) is 4.25. The third kappa shape index (κ3) is 6.28. The van der Waals surface area contributed by atoms with E-state index >= 15 is 0 Å². The van der Waals surface area contributed by atoms with Crippen LogP contribution < -0.4 is 0 Å². The SMILES string of the molecule is CC1(C)CCC(C)(C)c2cc(-c3cc(-c4nc(-c5ccccc5)nc(-c5ccc(-c6ccccc6)cc5)n4)cc(-c4ccnc5ccccc45)c3)ccc21. The molecule has 6 aromatic carbocycles. The molecular formula is C50H42N4. The van der Waals surface area contributed by atoms with Gasteiger partial charge >= 0.3 is 0 Å². The van der Waals surface area contributed by atoms with Crippen molar-refractivity contribution in [1.29, 1.82) is 0 Å². The number of hydrogen-bond donors (Lipinski definition) is 0. The van der Waals surface area contributed by atoms with E-state index in [1.807, 2.05) is 36.5 Å². The normalized spacial score (nSPS) is 14.4. The van der Waals surface area contributed by atoms with Crippen molar-refractivity contribution in [1.82, 2.24) is 19.9 Å². The van der Waals surface area contributed by atoms with Gasteiger partial charge in [-0.05, 0) is 98.5 Å². The summed E-state index contributed by atoms with van der Waals surface area (Å²) in [6, 6.07) is 53.5. The van der Waals surface area contributed by atoms with Crippen molar-refractivity contribution in [3.63, 3.8) is 0 Å². The molecule has 0 atom stereocenters. The number of rotatable bonds is 6. The summed E-state index contributed by atoms with van der Waals surface area (Å²) in [6.45, 7) is 9.54. The first-order chi connectivity index (χ1) is 26.2. The second kappa shape index (κ2) is 13.3. The van der Waals surface area contributed by atoms with Crippen molar-refractivity contribution in [3.8, 4) is 67.5 Å². The van der Waals surface area contributed by atoms with Crippen molar-refractivity contribution in [2.45, 2.75) is 51.4 Å². The molecule has 9 rings (SSSR count). The van der Waals surface area contributed by atoms with Gasteiger partial charge in [0.1, 0.15) is 0 Å². The van der Waals surface area contributed by atoms with Crippen LogP contribution in [0, 0.1) is 0 Å². The minimum Gasteiger partial charge on any atom is -0.256 e. The summed E-state index contributed by atoms with van der Waals surface area (Å²) in [7, 11) is 0. The number of fused-ring (bicyclic) bond motifs is 2. The molecule has 54 heavy (non-hydrogen) atoms. The van der Waals surface area contributed by atoms with E-state index in [1.54, 1.807) is 0 Å². The summed E-state index contributed by atoms with van der Waals surface area (Å²) in [5, 5.41) is 1.11. The van der Waals surface area contributed by atoms with Gasteiger partial charge in [-0.15, -0.1) is 0 Å². The largest absolute Gasteiger partial charge is 0.256 e. The van der Waals surface area contributed by atoms with Crippen LogP contribution in [0.2, 0.25) is 0 Å². The highest BCUT2D eigenvalue weighted by Crippen LogP contribution is 2.47. The second-order valence-electron chi connectivity index (χ2n) is 15.8. The molecule has 2 aromatic heterocycles. The van der Waals surface area contributed by atoms with Gasteiger partial charge in [0.05, 0.1) is 5.52 Å². The average Bonchev–Trinajstić information content (AvgIpc) is 3.22. The Morgan fingerprint density at radius 1 is 0.389 bits per heavy atom. The lowest BCUT2D eigenvalue weighted by atomic mass is 9.63.